The van der Waals surface area contributed by atoms with Gasteiger partial charge < -0.3 is 4.28 Å². The van der Waals surface area contributed by atoms with E-state index in [0.29, 0.717) is 0 Å². The molecule has 0 aromatic carbocycles. The van der Waals surface area contributed by atoms with Crippen molar-refractivity contribution in [3.63, 3.8) is 0 Å². The van der Waals surface area contributed by atoms with Gasteiger partial charge in [-0.05, 0) is 0 Å². The molecule has 0 bridgehead atoms. The number of hydrogen-bond donors (Lipinski definition) is 2. The van der Waals surface area contributed by atoms with Crippen LogP contribution >= 0.6 is 13.5 Å². The molecular weight excluding hydrogens is 160 g/mol. The van der Waals surface area contributed by atoms with Gasteiger partial charge in [-0.15, -0.1) is 0 Å². The second kappa shape index (κ2) is 8.39. The van der Waals surface area contributed by atoms with Gasteiger partial charge in [0.2, 0.25) is 0 Å². The maximum Gasteiger partial charge on any atom is 2.00 e. The SMILES string of the molecule is O=S(=O)(O)O.S.[Be+2].[H-].[H-].[H-].[Na+]. The quantitative estimate of drug-likeness (QED) is 0.289. The topological polar surface area (TPSA) is 74.6 Å². The zero-order valence-electron chi connectivity index (χ0n) is 7.33. The van der Waals surface area contributed by atoms with E-state index >= 15 is 0 Å². The summed E-state index contributed by atoms with van der Waals surface area (Å²) < 4.78 is 31.6. The van der Waals surface area contributed by atoms with Crippen molar-refractivity contribution in [1.29, 1.82) is 0 Å². The van der Waals surface area contributed by atoms with Gasteiger partial charge in [-0.2, -0.15) is 21.9 Å². The molecule has 0 aliphatic carbocycles. The molecule has 0 atom stereocenters. The normalized spacial score (nSPS) is 7.25. The average molecular weight is 167 g/mol. The van der Waals surface area contributed by atoms with Crippen LogP contribution in [0.4, 0.5) is 0 Å². The van der Waals surface area contributed by atoms with Gasteiger partial charge in [-0.3, -0.25) is 9.11 Å². The summed E-state index contributed by atoms with van der Waals surface area (Å²) in [6, 6.07) is 0. The van der Waals surface area contributed by atoms with E-state index in [4.69, 9.17) is 17.5 Å². The van der Waals surface area contributed by atoms with Crippen molar-refractivity contribution in [2.75, 3.05) is 0 Å². The summed E-state index contributed by atoms with van der Waals surface area (Å²) in [7, 11) is -4.67. The van der Waals surface area contributed by atoms with Gasteiger partial charge in [0.1, 0.15) is 0 Å². The Morgan fingerprint density at radius 2 is 1.25 bits per heavy atom. The van der Waals surface area contributed by atoms with Crippen molar-refractivity contribution >= 4 is 34.0 Å². The summed E-state index contributed by atoms with van der Waals surface area (Å²) in [5, 5.41) is 0. The minimum absolute atomic E-state index is 0. The molecule has 0 heterocycles. The Hall–Kier alpha value is 1.39. The van der Waals surface area contributed by atoms with E-state index in [0.717, 1.165) is 0 Å². The molecular formula is H7BeNaO4S2. The standard InChI is InChI=1S/Be.Na.H2O4S.H2S.3H/c;;1-5(2,3)4;;;;/h;;(H2,1,2,3,4);1H2;;;/q+2;+1;;;3*-1. The molecule has 0 aliphatic rings. The van der Waals surface area contributed by atoms with Crippen LogP contribution in [0.3, 0.4) is 0 Å². The van der Waals surface area contributed by atoms with Crippen LogP contribution < -0.4 is 29.6 Å². The summed E-state index contributed by atoms with van der Waals surface area (Å²) in [6.45, 7) is 0. The molecule has 0 aliphatic heterocycles. The monoisotopic (exact) mass is 167 g/mol. The molecule has 0 aromatic rings. The smallest absolute Gasteiger partial charge is 1.00 e. The fourth-order valence-corrected chi connectivity index (χ4v) is 0. The van der Waals surface area contributed by atoms with Gasteiger partial charge in [-0.1, -0.05) is 0 Å². The third-order valence-corrected chi connectivity index (χ3v) is 0. The number of rotatable bonds is 0. The molecule has 2 N–H and O–H groups in total. The molecule has 8 heavy (non-hydrogen) atoms. The van der Waals surface area contributed by atoms with Gasteiger partial charge in [0, 0.05) is 0 Å². The van der Waals surface area contributed by atoms with E-state index in [9.17, 15) is 0 Å². The Morgan fingerprint density at radius 1 is 1.25 bits per heavy atom. The van der Waals surface area contributed by atoms with Crippen molar-refractivity contribution in [3.8, 4) is 0 Å². The van der Waals surface area contributed by atoms with Crippen LogP contribution in [0.1, 0.15) is 4.28 Å². The Morgan fingerprint density at radius 3 is 1.25 bits per heavy atom. The van der Waals surface area contributed by atoms with E-state index in [-0.39, 0.29) is 57.5 Å². The Balaban J connectivity index is -0.00000000533. The Bertz CT molecular complexity index is 107. The van der Waals surface area contributed by atoms with E-state index in [1.54, 1.807) is 0 Å². The fourth-order valence-electron chi connectivity index (χ4n) is 0. The third kappa shape index (κ3) is 156. The van der Waals surface area contributed by atoms with Gasteiger partial charge in [0.25, 0.3) is 0 Å². The summed E-state index contributed by atoms with van der Waals surface area (Å²) in [4.78, 5) is 0. The largest absolute Gasteiger partial charge is 2.00 e. The minimum Gasteiger partial charge on any atom is -1.00 e. The van der Waals surface area contributed by atoms with Crippen LogP contribution in [0.5, 0.6) is 0 Å². The molecule has 0 fully saturated rings. The zero-order valence-corrected chi connectivity index (χ0v) is 8.14. The first kappa shape index (κ1) is 22.8. The van der Waals surface area contributed by atoms with E-state index in [1.807, 2.05) is 0 Å². The first-order chi connectivity index (χ1) is 2.00. The molecule has 4 nitrogen and oxygen atoms in total. The maximum absolute atomic E-state index is 8.74. The van der Waals surface area contributed by atoms with E-state index in [1.165, 1.54) is 0 Å². The fraction of sp³-hybridized carbons (Fsp3) is 0. The molecule has 0 saturated carbocycles. The summed E-state index contributed by atoms with van der Waals surface area (Å²) in [5.74, 6) is 0. The molecule has 0 unspecified atom stereocenters. The first-order valence-electron chi connectivity index (χ1n) is 0.698. The van der Waals surface area contributed by atoms with Gasteiger partial charge >= 0.3 is 50.1 Å². The van der Waals surface area contributed by atoms with Crippen LogP contribution in [0.15, 0.2) is 0 Å². The van der Waals surface area contributed by atoms with Crippen LogP contribution in [0.25, 0.3) is 0 Å². The van der Waals surface area contributed by atoms with Crippen molar-refractivity contribution < 1.29 is 51.4 Å². The Labute approximate surface area is 85.0 Å². The molecule has 0 saturated heterocycles. The predicted molar refractivity (Wildman–Crippen MR) is 33.6 cm³/mol. The summed E-state index contributed by atoms with van der Waals surface area (Å²) in [5.41, 5.74) is 0. The zero-order chi connectivity index (χ0) is 4.50. The minimum atomic E-state index is -4.67. The molecule has 0 spiro atoms. The summed E-state index contributed by atoms with van der Waals surface area (Å²) in [6.07, 6.45) is 0. The maximum atomic E-state index is 8.74. The van der Waals surface area contributed by atoms with E-state index in [2.05, 4.69) is 0 Å². The van der Waals surface area contributed by atoms with Crippen LogP contribution in [-0.4, -0.2) is 27.6 Å². The van der Waals surface area contributed by atoms with Crippen LogP contribution in [-0.2, 0) is 10.4 Å². The second-order valence-electron chi connectivity index (χ2n) is 0.448. The van der Waals surface area contributed by atoms with E-state index < -0.39 is 10.4 Å². The first-order valence-corrected chi connectivity index (χ1v) is 2.10. The number of hydrogen-bond acceptors (Lipinski definition) is 2. The molecule has 0 rings (SSSR count). The Kier molecular flexibility index (Phi) is 23.9. The predicted octanol–water partition coefficient (Wildman–Crippen LogP) is -3.58. The van der Waals surface area contributed by atoms with Crippen LogP contribution in [0, 0.1) is 0 Å². The van der Waals surface area contributed by atoms with Crippen molar-refractivity contribution in [1.82, 2.24) is 0 Å². The summed E-state index contributed by atoms with van der Waals surface area (Å²) >= 11 is 0. The average Bonchev–Trinajstić information content (AvgIpc) is 0.722. The van der Waals surface area contributed by atoms with Crippen molar-refractivity contribution in [2.24, 2.45) is 0 Å². The third-order valence-electron chi connectivity index (χ3n) is 0. The molecule has 0 amide bonds. The van der Waals surface area contributed by atoms with Gasteiger partial charge in [-0.25, -0.2) is 0 Å². The van der Waals surface area contributed by atoms with Crippen LogP contribution in [0.2, 0.25) is 0 Å². The molecule has 46 valence electrons. The molecule has 0 radical (unpaired) electrons. The van der Waals surface area contributed by atoms with Crippen molar-refractivity contribution in [3.05, 3.63) is 0 Å². The molecule has 8 heteroatoms. The van der Waals surface area contributed by atoms with Gasteiger partial charge in [0.15, 0.2) is 0 Å². The second-order valence-corrected chi connectivity index (χ2v) is 1.34. The van der Waals surface area contributed by atoms with Gasteiger partial charge in [0.05, 0.1) is 0 Å². The van der Waals surface area contributed by atoms with Crippen molar-refractivity contribution in [2.45, 2.75) is 0 Å². The molecule has 0 aromatic heterocycles.